The van der Waals surface area contributed by atoms with Crippen LogP contribution >= 0.6 is 0 Å². The fourth-order valence-corrected chi connectivity index (χ4v) is 5.66. The van der Waals surface area contributed by atoms with E-state index in [4.69, 9.17) is 14.6 Å². The Morgan fingerprint density at radius 3 is 2.50 bits per heavy atom. The van der Waals surface area contributed by atoms with Gasteiger partial charge in [0.15, 0.2) is 11.5 Å². The van der Waals surface area contributed by atoms with Gasteiger partial charge >= 0.3 is 0 Å². The molecule has 2 amide bonds. The van der Waals surface area contributed by atoms with E-state index in [0.717, 1.165) is 72.7 Å². The highest BCUT2D eigenvalue weighted by molar-refractivity contribution is 6.04. The van der Waals surface area contributed by atoms with E-state index in [1.54, 1.807) is 19.0 Å². The Balaban J connectivity index is 1.30. The molecule has 0 aromatic heterocycles. The van der Waals surface area contributed by atoms with Crippen LogP contribution in [0.4, 0.5) is 5.69 Å². The van der Waals surface area contributed by atoms with Crippen LogP contribution in [0.1, 0.15) is 75.8 Å². The molecule has 38 heavy (non-hydrogen) atoms. The molecule has 1 N–H and O–H groups in total. The van der Waals surface area contributed by atoms with Gasteiger partial charge in [-0.05, 0) is 80.8 Å². The van der Waals surface area contributed by atoms with Crippen molar-refractivity contribution in [1.82, 2.24) is 10.3 Å². The molecule has 8 nitrogen and oxygen atoms in total. The van der Waals surface area contributed by atoms with Crippen LogP contribution in [0.5, 0.6) is 11.5 Å². The van der Waals surface area contributed by atoms with Gasteiger partial charge in [0.1, 0.15) is 6.17 Å². The summed E-state index contributed by atoms with van der Waals surface area (Å²) < 4.78 is 11.8. The molecule has 8 heteroatoms. The second kappa shape index (κ2) is 11.9. The summed E-state index contributed by atoms with van der Waals surface area (Å²) in [5, 5.41) is 9.41. The Labute approximate surface area is 225 Å². The van der Waals surface area contributed by atoms with Crippen molar-refractivity contribution in [2.24, 2.45) is 5.10 Å². The van der Waals surface area contributed by atoms with Crippen molar-refractivity contribution >= 4 is 23.2 Å². The quantitative estimate of drug-likeness (QED) is 0.532. The van der Waals surface area contributed by atoms with Gasteiger partial charge in [-0.25, -0.2) is 5.01 Å². The van der Waals surface area contributed by atoms with Crippen molar-refractivity contribution in [2.45, 2.75) is 83.5 Å². The number of methoxy groups -OCH3 is 1. The third-order valence-corrected chi connectivity index (χ3v) is 7.67. The lowest BCUT2D eigenvalue weighted by atomic mass is 10.0. The highest BCUT2D eigenvalue weighted by atomic mass is 16.5. The summed E-state index contributed by atoms with van der Waals surface area (Å²) in [7, 11) is 1.66. The lowest BCUT2D eigenvalue weighted by Gasteiger charge is -2.37. The SMILES string of the molecule is COc1ccc(C2=NN(Cc3ccc(N4CCCCC4NC(C)=O)cc3)C(=O)CC2)cc1OC1CCCC1. The summed E-state index contributed by atoms with van der Waals surface area (Å²) in [6.45, 7) is 2.89. The molecule has 2 aromatic carbocycles. The number of benzene rings is 2. The van der Waals surface area contributed by atoms with E-state index in [1.165, 1.54) is 12.8 Å². The third-order valence-electron chi connectivity index (χ3n) is 7.67. The first-order chi connectivity index (χ1) is 18.5. The van der Waals surface area contributed by atoms with Gasteiger partial charge < -0.3 is 19.7 Å². The Hall–Kier alpha value is -3.55. The minimum atomic E-state index is -0.00937. The molecule has 2 aliphatic heterocycles. The van der Waals surface area contributed by atoms with E-state index >= 15 is 0 Å². The predicted molar refractivity (Wildman–Crippen MR) is 147 cm³/mol. The number of amides is 2. The average molecular weight is 519 g/mol. The topological polar surface area (TPSA) is 83.5 Å². The monoisotopic (exact) mass is 518 g/mol. The molecule has 1 saturated carbocycles. The van der Waals surface area contributed by atoms with E-state index < -0.39 is 0 Å². The molecule has 3 aliphatic rings. The number of hydrogen-bond donors (Lipinski definition) is 1. The summed E-state index contributed by atoms with van der Waals surface area (Å²) in [6, 6.07) is 14.2. The third kappa shape index (κ3) is 6.11. The maximum Gasteiger partial charge on any atom is 0.243 e. The van der Waals surface area contributed by atoms with Crippen LogP contribution in [0.15, 0.2) is 47.6 Å². The molecule has 0 spiro atoms. The first-order valence-electron chi connectivity index (χ1n) is 13.9. The number of hydrogen-bond acceptors (Lipinski definition) is 6. The molecular formula is C30H38N4O4. The Bertz CT molecular complexity index is 1170. The molecule has 202 valence electrons. The average Bonchev–Trinajstić information content (AvgIpc) is 3.44. The smallest absolute Gasteiger partial charge is 0.243 e. The lowest BCUT2D eigenvalue weighted by molar-refractivity contribution is -0.132. The highest BCUT2D eigenvalue weighted by Crippen LogP contribution is 2.33. The fraction of sp³-hybridized carbons (Fsp3) is 0.500. The second-order valence-electron chi connectivity index (χ2n) is 10.5. The number of nitrogens with one attached hydrogen (secondary N) is 1. The van der Waals surface area contributed by atoms with Crippen LogP contribution < -0.4 is 19.7 Å². The van der Waals surface area contributed by atoms with Crippen molar-refractivity contribution in [2.75, 3.05) is 18.6 Å². The van der Waals surface area contributed by atoms with Gasteiger partial charge in [-0.3, -0.25) is 9.59 Å². The van der Waals surface area contributed by atoms with E-state index in [0.29, 0.717) is 19.4 Å². The number of carbonyl (C=O) groups excluding carboxylic acids is 2. The van der Waals surface area contributed by atoms with E-state index in [1.807, 2.05) is 30.3 Å². The van der Waals surface area contributed by atoms with Gasteiger partial charge in [-0.15, -0.1) is 0 Å². The summed E-state index contributed by atoms with van der Waals surface area (Å²) in [5.74, 6) is 1.48. The van der Waals surface area contributed by atoms with Crippen LogP contribution in [0.2, 0.25) is 0 Å². The summed E-state index contributed by atoms with van der Waals surface area (Å²) in [4.78, 5) is 26.7. The molecule has 1 unspecified atom stereocenters. The standard InChI is InChI=1S/C30H38N4O4/c1-21(35)31-29-9-5-6-18-33(29)24-13-10-22(11-14-24)20-34-30(36)17-15-26(32-34)23-12-16-27(37-2)28(19-23)38-25-7-3-4-8-25/h10-14,16,19,25,29H,3-9,15,17-18,20H2,1-2H3,(H,31,35). The Morgan fingerprint density at radius 2 is 1.76 bits per heavy atom. The number of nitrogens with zero attached hydrogens (tertiary/aromatic N) is 3. The summed E-state index contributed by atoms with van der Waals surface area (Å²) in [6.07, 6.45) is 8.98. The van der Waals surface area contributed by atoms with Crippen LogP contribution in [-0.2, 0) is 16.1 Å². The van der Waals surface area contributed by atoms with Crippen molar-refractivity contribution in [3.8, 4) is 11.5 Å². The van der Waals surface area contributed by atoms with E-state index in [-0.39, 0.29) is 24.1 Å². The van der Waals surface area contributed by atoms with Crippen molar-refractivity contribution in [3.63, 3.8) is 0 Å². The van der Waals surface area contributed by atoms with Crippen LogP contribution in [0, 0.1) is 0 Å². The summed E-state index contributed by atoms with van der Waals surface area (Å²) in [5.41, 5.74) is 3.93. The molecule has 0 bridgehead atoms. The van der Waals surface area contributed by atoms with E-state index in [2.05, 4.69) is 22.3 Å². The van der Waals surface area contributed by atoms with Gasteiger partial charge in [0, 0.05) is 37.6 Å². The molecular weight excluding hydrogens is 480 g/mol. The zero-order valence-corrected chi connectivity index (χ0v) is 22.4. The van der Waals surface area contributed by atoms with Crippen molar-refractivity contribution in [1.29, 1.82) is 0 Å². The molecule has 2 heterocycles. The van der Waals surface area contributed by atoms with Crippen molar-refractivity contribution < 1.29 is 19.1 Å². The number of ether oxygens (including phenoxy) is 2. The number of anilines is 1. The normalized spacial score (nSPS) is 20.3. The van der Waals surface area contributed by atoms with Gasteiger partial charge in [-0.2, -0.15) is 5.10 Å². The minimum Gasteiger partial charge on any atom is -0.493 e. The first kappa shape index (κ1) is 26.1. The number of carbonyl (C=O) groups is 2. The molecule has 2 aromatic rings. The fourth-order valence-electron chi connectivity index (χ4n) is 5.66. The zero-order valence-electron chi connectivity index (χ0n) is 22.4. The van der Waals surface area contributed by atoms with Crippen LogP contribution in [0.3, 0.4) is 0 Å². The maximum absolute atomic E-state index is 12.8. The predicted octanol–water partition coefficient (Wildman–Crippen LogP) is 5.00. The largest absolute Gasteiger partial charge is 0.493 e. The van der Waals surface area contributed by atoms with E-state index in [9.17, 15) is 9.59 Å². The Kier molecular flexibility index (Phi) is 8.15. The minimum absolute atomic E-state index is 0.00937. The number of rotatable bonds is 8. The van der Waals surface area contributed by atoms with Crippen LogP contribution in [0.25, 0.3) is 0 Å². The highest BCUT2D eigenvalue weighted by Gasteiger charge is 2.25. The second-order valence-corrected chi connectivity index (χ2v) is 10.5. The molecule has 1 atom stereocenters. The zero-order chi connectivity index (χ0) is 26.5. The van der Waals surface area contributed by atoms with Gasteiger partial charge in [-0.1, -0.05) is 12.1 Å². The molecule has 1 aliphatic carbocycles. The first-order valence-corrected chi connectivity index (χ1v) is 13.9. The summed E-state index contributed by atoms with van der Waals surface area (Å²) >= 11 is 0. The van der Waals surface area contributed by atoms with Gasteiger partial charge in [0.25, 0.3) is 0 Å². The molecule has 2 fully saturated rings. The lowest BCUT2D eigenvalue weighted by Crippen LogP contribution is -2.50. The van der Waals surface area contributed by atoms with Gasteiger partial charge in [0.2, 0.25) is 11.8 Å². The Morgan fingerprint density at radius 1 is 1.00 bits per heavy atom. The maximum atomic E-state index is 12.8. The van der Waals surface area contributed by atoms with Gasteiger partial charge in [0.05, 0.1) is 25.5 Å². The molecule has 1 saturated heterocycles. The molecule has 0 radical (unpaired) electrons. The van der Waals surface area contributed by atoms with Crippen molar-refractivity contribution in [3.05, 3.63) is 53.6 Å². The molecule has 5 rings (SSSR count). The number of piperidine rings is 1. The van der Waals surface area contributed by atoms with Crippen LogP contribution in [-0.4, -0.2) is 48.5 Å². The number of hydrazone groups is 1.